The Morgan fingerprint density at radius 2 is 2.10 bits per heavy atom. The quantitative estimate of drug-likeness (QED) is 0.920. The molecule has 0 amide bonds. The third-order valence-corrected chi connectivity index (χ3v) is 4.18. The van der Waals surface area contributed by atoms with Crippen LogP contribution in [0, 0.1) is 11.8 Å². The Morgan fingerprint density at radius 1 is 1.40 bits per heavy atom. The molecule has 3 atom stereocenters. The molecule has 1 aromatic heterocycles. The van der Waals surface area contributed by atoms with Crippen molar-refractivity contribution in [3.63, 3.8) is 0 Å². The molecule has 0 saturated heterocycles. The van der Waals surface area contributed by atoms with Gasteiger partial charge >= 0.3 is 6.18 Å². The minimum absolute atomic E-state index is 0.246. The van der Waals surface area contributed by atoms with Crippen LogP contribution in [0.5, 0.6) is 0 Å². The number of nitrogens with zero attached hydrogens (tertiary/aromatic N) is 2. The van der Waals surface area contributed by atoms with E-state index >= 15 is 0 Å². The number of alkyl halides is 3. The summed E-state index contributed by atoms with van der Waals surface area (Å²) < 4.78 is 41.4. The van der Waals surface area contributed by atoms with Gasteiger partial charge in [0.05, 0.1) is 12.1 Å². The Kier molecular flexibility index (Phi) is 4.73. The molecule has 3 nitrogen and oxygen atoms in total. The van der Waals surface area contributed by atoms with Crippen molar-refractivity contribution in [1.29, 1.82) is 0 Å². The predicted molar refractivity (Wildman–Crippen MR) is 71.1 cm³/mol. The van der Waals surface area contributed by atoms with Crippen LogP contribution in [0.1, 0.15) is 44.2 Å². The number of nitrogens with one attached hydrogen (secondary N) is 1. The molecule has 0 aromatic carbocycles. The second-order valence-corrected chi connectivity index (χ2v) is 5.58. The SMILES string of the molecule is CCNC(c1cnn(C)c1)C1CCCCC1C(F)(F)F. The highest BCUT2D eigenvalue weighted by Gasteiger charge is 2.48. The highest BCUT2D eigenvalue weighted by atomic mass is 19.4. The van der Waals surface area contributed by atoms with E-state index in [0.29, 0.717) is 19.4 Å². The molecule has 1 aromatic rings. The van der Waals surface area contributed by atoms with Crippen LogP contribution in [0.25, 0.3) is 0 Å². The van der Waals surface area contributed by atoms with E-state index in [9.17, 15) is 13.2 Å². The average molecular weight is 289 g/mol. The van der Waals surface area contributed by atoms with Crippen molar-refractivity contribution in [2.75, 3.05) is 6.54 Å². The lowest BCUT2D eigenvalue weighted by atomic mass is 9.73. The first-order valence-corrected chi connectivity index (χ1v) is 7.22. The topological polar surface area (TPSA) is 29.9 Å². The molecule has 1 saturated carbocycles. The highest BCUT2D eigenvalue weighted by Crippen LogP contribution is 2.46. The largest absolute Gasteiger partial charge is 0.392 e. The summed E-state index contributed by atoms with van der Waals surface area (Å²) in [5, 5.41) is 7.33. The first-order valence-electron chi connectivity index (χ1n) is 7.22. The molecule has 1 N–H and O–H groups in total. The molecular weight excluding hydrogens is 267 g/mol. The lowest BCUT2D eigenvalue weighted by molar-refractivity contribution is -0.199. The molecule has 0 radical (unpaired) electrons. The molecule has 2 rings (SSSR count). The zero-order valence-corrected chi connectivity index (χ0v) is 12.0. The van der Waals surface area contributed by atoms with Crippen molar-refractivity contribution >= 4 is 0 Å². The van der Waals surface area contributed by atoms with Crippen LogP contribution >= 0.6 is 0 Å². The number of aryl methyl sites for hydroxylation is 1. The summed E-state index contributed by atoms with van der Waals surface area (Å²) in [5.41, 5.74) is 0.857. The van der Waals surface area contributed by atoms with Crippen LogP contribution in [0.4, 0.5) is 13.2 Å². The van der Waals surface area contributed by atoms with E-state index in [0.717, 1.165) is 12.0 Å². The van der Waals surface area contributed by atoms with Crippen LogP contribution in [-0.4, -0.2) is 22.5 Å². The Morgan fingerprint density at radius 3 is 2.65 bits per heavy atom. The van der Waals surface area contributed by atoms with Gasteiger partial charge < -0.3 is 5.32 Å². The van der Waals surface area contributed by atoms with Gasteiger partial charge in [-0.05, 0) is 25.3 Å². The van der Waals surface area contributed by atoms with Crippen LogP contribution < -0.4 is 5.32 Å². The first-order chi connectivity index (χ1) is 9.43. The molecule has 0 bridgehead atoms. The monoisotopic (exact) mass is 289 g/mol. The fourth-order valence-corrected chi connectivity index (χ4v) is 3.30. The summed E-state index contributed by atoms with van der Waals surface area (Å²) in [4.78, 5) is 0. The van der Waals surface area contributed by atoms with Crippen LogP contribution in [0.2, 0.25) is 0 Å². The molecular formula is C14H22F3N3. The predicted octanol–water partition coefficient (Wildman–Crippen LogP) is 3.44. The summed E-state index contributed by atoms with van der Waals surface area (Å²) in [6, 6.07) is -0.263. The van der Waals surface area contributed by atoms with Crippen LogP contribution in [0.15, 0.2) is 12.4 Å². The van der Waals surface area contributed by atoms with E-state index in [1.165, 1.54) is 0 Å². The van der Waals surface area contributed by atoms with Gasteiger partial charge in [0, 0.05) is 24.8 Å². The van der Waals surface area contributed by atoms with Crippen LogP contribution in [-0.2, 0) is 7.05 Å². The number of aromatic nitrogens is 2. The third kappa shape index (κ3) is 3.34. The lowest BCUT2D eigenvalue weighted by Crippen LogP contribution is -2.40. The minimum Gasteiger partial charge on any atom is -0.310 e. The van der Waals surface area contributed by atoms with Crippen molar-refractivity contribution in [3.05, 3.63) is 18.0 Å². The molecule has 1 aliphatic rings. The minimum atomic E-state index is -4.11. The van der Waals surface area contributed by atoms with Gasteiger partial charge in [-0.3, -0.25) is 4.68 Å². The van der Waals surface area contributed by atoms with E-state index in [4.69, 9.17) is 0 Å². The molecule has 6 heteroatoms. The van der Waals surface area contributed by atoms with E-state index in [1.807, 2.05) is 13.1 Å². The second kappa shape index (κ2) is 6.16. The van der Waals surface area contributed by atoms with Gasteiger partial charge in [0.1, 0.15) is 0 Å². The first kappa shape index (κ1) is 15.4. The normalized spacial score (nSPS) is 25.6. The maximum absolute atomic E-state index is 13.3. The van der Waals surface area contributed by atoms with Crippen molar-refractivity contribution in [2.45, 2.75) is 44.8 Å². The third-order valence-electron chi connectivity index (χ3n) is 4.18. The fraction of sp³-hybridized carbons (Fsp3) is 0.786. The number of hydrogen-bond donors (Lipinski definition) is 1. The second-order valence-electron chi connectivity index (χ2n) is 5.58. The standard InChI is InChI=1S/C14H22F3N3/c1-3-18-13(10-8-19-20(2)9-10)11-6-4-5-7-12(11)14(15,16)17/h8-9,11-13,18H,3-7H2,1-2H3. The molecule has 20 heavy (non-hydrogen) atoms. The summed E-state index contributed by atoms with van der Waals surface area (Å²) in [7, 11) is 1.79. The summed E-state index contributed by atoms with van der Waals surface area (Å²) in [6.45, 7) is 2.58. The van der Waals surface area contributed by atoms with Crippen molar-refractivity contribution < 1.29 is 13.2 Å². The Hall–Kier alpha value is -1.04. The zero-order chi connectivity index (χ0) is 14.8. The van der Waals surface area contributed by atoms with E-state index in [2.05, 4.69) is 10.4 Å². The molecule has 1 aliphatic carbocycles. The Labute approximate surface area is 117 Å². The number of halogens is 3. The van der Waals surface area contributed by atoms with E-state index in [-0.39, 0.29) is 12.5 Å². The summed E-state index contributed by atoms with van der Waals surface area (Å²) >= 11 is 0. The highest BCUT2D eigenvalue weighted by molar-refractivity contribution is 5.13. The van der Waals surface area contributed by atoms with Gasteiger partial charge in [0.15, 0.2) is 0 Å². The van der Waals surface area contributed by atoms with E-state index < -0.39 is 18.0 Å². The van der Waals surface area contributed by atoms with Gasteiger partial charge in [-0.2, -0.15) is 18.3 Å². The smallest absolute Gasteiger partial charge is 0.310 e. The van der Waals surface area contributed by atoms with Crippen molar-refractivity contribution in [3.8, 4) is 0 Å². The van der Waals surface area contributed by atoms with Gasteiger partial charge in [-0.1, -0.05) is 19.8 Å². The molecule has 114 valence electrons. The van der Waals surface area contributed by atoms with E-state index in [1.54, 1.807) is 17.9 Å². The molecule has 0 aliphatic heterocycles. The number of hydrogen-bond acceptors (Lipinski definition) is 2. The fourth-order valence-electron chi connectivity index (χ4n) is 3.30. The van der Waals surface area contributed by atoms with Crippen LogP contribution in [0.3, 0.4) is 0 Å². The summed E-state index contributed by atoms with van der Waals surface area (Å²) in [6.07, 6.45) is 1.80. The molecule has 3 unspecified atom stereocenters. The van der Waals surface area contributed by atoms with Crippen molar-refractivity contribution in [1.82, 2.24) is 15.1 Å². The van der Waals surface area contributed by atoms with Gasteiger partial charge in [-0.25, -0.2) is 0 Å². The summed E-state index contributed by atoms with van der Waals surface area (Å²) in [5.74, 6) is -1.60. The maximum atomic E-state index is 13.3. The zero-order valence-electron chi connectivity index (χ0n) is 12.0. The Bertz CT molecular complexity index is 428. The Balaban J connectivity index is 2.26. The lowest BCUT2D eigenvalue weighted by Gasteiger charge is -2.38. The molecule has 1 heterocycles. The average Bonchev–Trinajstić information content (AvgIpc) is 2.81. The van der Waals surface area contributed by atoms with Gasteiger partial charge in [0.2, 0.25) is 0 Å². The number of rotatable bonds is 4. The molecule has 0 spiro atoms. The maximum Gasteiger partial charge on any atom is 0.392 e. The van der Waals surface area contributed by atoms with Gasteiger partial charge in [0.25, 0.3) is 0 Å². The van der Waals surface area contributed by atoms with Gasteiger partial charge in [-0.15, -0.1) is 0 Å². The molecule has 1 fully saturated rings. The van der Waals surface area contributed by atoms with Crippen molar-refractivity contribution in [2.24, 2.45) is 18.9 Å².